The van der Waals surface area contributed by atoms with E-state index in [4.69, 9.17) is 10.5 Å². The number of nitrogens with two attached hydrogens (primary N) is 1. The van der Waals surface area contributed by atoms with Crippen LogP contribution < -0.4 is 5.73 Å². The Morgan fingerprint density at radius 2 is 1.93 bits per heavy atom. The fourth-order valence-electron chi connectivity index (χ4n) is 1.48. The summed E-state index contributed by atoms with van der Waals surface area (Å²) < 4.78 is 5.50. The highest BCUT2D eigenvalue weighted by Crippen LogP contribution is 2.06. The lowest BCUT2D eigenvalue weighted by molar-refractivity contribution is -0.0191. The van der Waals surface area contributed by atoms with Gasteiger partial charge >= 0.3 is 0 Å². The molecule has 0 amide bonds. The van der Waals surface area contributed by atoms with E-state index in [0.29, 0.717) is 5.70 Å². The van der Waals surface area contributed by atoms with Gasteiger partial charge in [-0.05, 0) is 20.9 Å². The van der Waals surface area contributed by atoms with Gasteiger partial charge in [0.15, 0.2) is 0 Å². The summed E-state index contributed by atoms with van der Waals surface area (Å²) in [5.74, 6) is 0. The maximum Gasteiger partial charge on any atom is 0.149 e. The fraction of sp³-hybridized carbons (Fsp3) is 0.800. The van der Waals surface area contributed by atoms with Gasteiger partial charge in [0.25, 0.3) is 0 Å². The van der Waals surface area contributed by atoms with Crippen molar-refractivity contribution in [1.82, 2.24) is 9.80 Å². The van der Waals surface area contributed by atoms with Crippen molar-refractivity contribution < 1.29 is 4.74 Å². The molecule has 1 rings (SSSR count). The molecule has 1 heterocycles. The predicted molar refractivity (Wildman–Crippen MR) is 57.6 cm³/mol. The van der Waals surface area contributed by atoms with Gasteiger partial charge in [-0.2, -0.15) is 0 Å². The van der Waals surface area contributed by atoms with E-state index in [-0.39, 0.29) is 6.23 Å². The Morgan fingerprint density at radius 1 is 1.36 bits per heavy atom. The molecule has 4 nitrogen and oxygen atoms in total. The van der Waals surface area contributed by atoms with Crippen molar-refractivity contribution in [3.63, 3.8) is 0 Å². The topological polar surface area (TPSA) is 41.7 Å². The summed E-state index contributed by atoms with van der Waals surface area (Å²) in [6, 6.07) is 0. The number of hydrogen-bond acceptors (Lipinski definition) is 4. The predicted octanol–water partition coefficient (Wildman–Crippen LogP) is 0.416. The van der Waals surface area contributed by atoms with E-state index in [1.165, 1.54) is 0 Å². The Balaban J connectivity index is 2.30. The van der Waals surface area contributed by atoms with Crippen molar-refractivity contribution in [1.29, 1.82) is 0 Å². The third-order valence-corrected chi connectivity index (χ3v) is 2.50. The van der Waals surface area contributed by atoms with Gasteiger partial charge in [-0.3, -0.25) is 4.90 Å². The van der Waals surface area contributed by atoms with Gasteiger partial charge in [0.05, 0.1) is 0 Å². The molecule has 0 bridgehead atoms. The maximum atomic E-state index is 5.50. The monoisotopic (exact) mass is 199 g/mol. The molecule has 4 heteroatoms. The van der Waals surface area contributed by atoms with Gasteiger partial charge in [0, 0.05) is 31.9 Å². The van der Waals surface area contributed by atoms with Gasteiger partial charge in [-0.15, -0.1) is 0 Å². The Kier molecular flexibility index (Phi) is 4.22. The van der Waals surface area contributed by atoms with E-state index in [1.54, 1.807) is 6.26 Å². The van der Waals surface area contributed by atoms with E-state index in [9.17, 15) is 0 Å². The Morgan fingerprint density at radius 3 is 2.43 bits per heavy atom. The first-order valence-corrected chi connectivity index (χ1v) is 5.10. The molecule has 1 unspecified atom stereocenters. The van der Waals surface area contributed by atoms with Crippen LogP contribution in [0.4, 0.5) is 0 Å². The molecule has 0 aromatic heterocycles. The summed E-state index contributed by atoms with van der Waals surface area (Å²) in [4.78, 5) is 4.65. The summed E-state index contributed by atoms with van der Waals surface area (Å²) in [7, 11) is 2.15. The highest BCUT2D eigenvalue weighted by atomic mass is 16.5. The van der Waals surface area contributed by atoms with Crippen LogP contribution in [0.2, 0.25) is 0 Å². The smallest absolute Gasteiger partial charge is 0.149 e. The van der Waals surface area contributed by atoms with Crippen LogP contribution in [-0.2, 0) is 4.74 Å². The van der Waals surface area contributed by atoms with Crippen molar-refractivity contribution in [2.24, 2.45) is 5.73 Å². The third kappa shape index (κ3) is 3.55. The molecule has 0 saturated carbocycles. The normalized spacial score (nSPS) is 23.5. The van der Waals surface area contributed by atoms with Crippen molar-refractivity contribution in [3.05, 3.63) is 12.0 Å². The van der Waals surface area contributed by atoms with Crippen LogP contribution in [0.25, 0.3) is 0 Å². The van der Waals surface area contributed by atoms with Crippen molar-refractivity contribution >= 4 is 0 Å². The molecule has 0 radical (unpaired) electrons. The highest BCUT2D eigenvalue weighted by molar-refractivity contribution is 4.85. The average molecular weight is 199 g/mol. The van der Waals surface area contributed by atoms with Crippen LogP contribution in [0.1, 0.15) is 13.8 Å². The lowest BCUT2D eigenvalue weighted by atomic mass is 10.3. The second-order valence-corrected chi connectivity index (χ2v) is 3.94. The number of piperazine rings is 1. The van der Waals surface area contributed by atoms with Crippen molar-refractivity contribution in [3.8, 4) is 0 Å². The molecular weight excluding hydrogens is 178 g/mol. The van der Waals surface area contributed by atoms with E-state index >= 15 is 0 Å². The first kappa shape index (κ1) is 11.3. The van der Waals surface area contributed by atoms with Crippen molar-refractivity contribution in [2.75, 3.05) is 33.2 Å². The maximum absolute atomic E-state index is 5.50. The Bertz CT molecular complexity index is 194. The number of nitrogens with zero attached hydrogens (tertiary/aromatic N) is 2. The zero-order valence-electron chi connectivity index (χ0n) is 9.36. The molecule has 1 fully saturated rings. The fourth-order valence-corrected chi connectivity index (χ4v) is 1.48. The SMILES string of the molecule is C/C(N)=C/OC(C)N1CCN(C)CC1. The number of allylic oxidation sites excluding steroid dienone is 1. The van der Waals surface area contributed by atoms with Crippen LogP contribution in [-0.4, -0.2) is 49.3 Å². The lowest BCUT2D eigenvalue weighted by Gasteiger charge is -2.35. The number of hydrogen-bond donors (Lipinski definition) is 1. The number of rotatable bonds is 3. The zero-order valence-corrected chi connectivity index (χ0v) is 9.36. The zero-order chi connectivity index (χ0) is 10.6. The molecule has 82 valence electrons. The largest absolute Gasteiger partial charge is 0.481 e. The molecule has 2 N–H and O–H groups in total. The van der Waals surface area contributed by atoms with Crippen molar-refractivity contribution in [2.45, 2.75) is 20.1 Å². The first-order chi connectivity index (χ1) is 6.59. The quantitative estimate of drug-likeness (QED) is 0.669. The summed E-state index contributed by atoms with van der Waals surface area (Å²) >= 11 is 0. The third-order valence-electron chi connectivity index (χ3n) is 2.50. The highest BCUT2D eigenvalue weighted by Gasteiger charge is 2.18. The minimum atomic E-state index is 0.127. The van der Waals surface area contributed by atoms with Gasteiger partial charge in [0.2, 0.25) is 0 Å². The minimum Gasteiger partial charge on any atom is -0.481 e. The summed E-state index contributed by atoms with van der Waals surface area (Å²) in [6.45, 7) is 8.24. The van der Waals surface area contributed by atoms with E-state index < -0.39 is 0 Å². The molecule has 1 aliphatic rings. The summed E-state index contributed by atoms with van der Waals surface area (Å²) in [5.41, 5.74) is 6.22. The second-order valence-electron chi connectivity index (χ2n) is 3.94. The van der Waals surface area contributed by atoms with E-state index in [1.807, 2.05) is 6.92 Å². The lowest BCUT2D eigenvalue weighted by Crippen LogP contribution is -2.48. The molecule has 0 aromatic carbocycles. The molecule has 0 spiro atoms. The molecule has 1 aliphatic heterocycles. The second kappa shape index (κ2) is 5.22. The molecule has 1 saturated heterocycles. The van der Waals surface area contributed by atoms with Crippen LogP contribution in [0.3, 0.4) is 0 Å². The van der Waals surface area contributed by atoms with Gasteiger partial charge in [-0.25, -0.2) is 0 Å². The summed E-state index contributed by atoms with van der Waals surface area (Å²) in [6.07, 6.45) is 1.75. The van der Waals surface area contributed by atoms with Crippen LogP contribution in [0, 0.1) is 0 Å². The van der Waals surface area contributed by atoms with Crippen LogP contribution in [0.5, 0.6) is 0 Å². The Labute approximate surface area is 86.3 Å². The van der Waals surface area contributed by atoms with Gasteiger partial charge in [0.1, 0.15) is 12.5 Å². The van der Waals surface area contributed by atoms with Crippen LogP contribution in [0.15, 0.2) is 12.0 Å². The molecule has 0 aliphatic carbocycles. The molecule has 1 atom stereocenters. The van der Waals surface area contributed by atoms with E-state index in [0.717, 1.165) is 26.2 Å². The standard InChI is InChI=1S/C10H21N3O/c1-9(11)8-14-10(2)13-6-4-12(3)5-7-13/h8,10H,4-7,11H2,1-3H3/b9-8-. The number of likely N-dealkylation sites (N-methyl/N-ethyl adjacent to an activating group) is 1. The average Bonchev–Trinajstić information content (AvgIpc) is 2.15. The molecular formula is C10H21N3O. The van der Waals surface area contributed by atoms with Crippen LogP contribution >= 0.6 is 0 Å². The minimum absolute atomic E-state index is 0.127. The van der Waals surface area contributed by atoms with E-state index in [2.05, 4.69) is 23.8 Å². The van der Waals surface area contributed by atoms with Gasteiger partial charge < -0.3 is 15.4 Å². The first-order valence-electron chi connectivity index (χ1n) is 5.10. The summed E-state index contributed by atoms with van der Waals surface area (Å²) in [5, 5.41) is 0. The molecule has 0 aromatic rings. The number of ether oxygens (including phenoxy) is 1. The Hall–Kier alpha value is -0.740. The van der Waals surface area contributed by atoms with Gasteiger partial charge in [-0.1, -0.05) is 0 Å². The molecule has 14 heavy (non-hydrogen) atoms.